The Kier molecular flexibility index (Phi) is 4.49. The molecule has 2 aromatic heterocycles. The highest BCUT2D eigenvalue weighted by molar-refractivity contribution is 6.02. The predicted octanol–water partition coefficient (Wildman–Crippen LogP) is 4.62. The average molecular weight is 371 g/mol. The number of fused-ring (bicyclic) bond motifs is 1. The number of benzene rings is 2. The summed E-state index contributed by atoms with van der Waals surface area (Å²) in [4.78, 5) is 29.1. The lowest BCUT2D eigenvalue weighted by Crippen LogP contribution is -2.07. The van der Waals surface area contributed by atoms with Crippen molar-refractivity contribution in [1.82, 2.24) is 4.98 Å². The van der Waals surface area contributed by atoms with E-state index < -0.39 is 11.6 Å². The van der Waals surface area contributed by atoms with Gasteiger partial charge in [0.25, 0.3) is 0 Å². The van der Waals surface area contributed by atoms with Gasteiger partial charge < -0.3 is 9.15 Å². The fourth-order valence-corrected chi connectivity index (χ4v) is 3.32. The van der Waals surface area contributed by atoms with E-state index in [0.29, 0.717) is 27.8 Å². The van der Waals surface area contributed by atoms with Gasteiger partial charge in [0.1, 0.15) is 5.58 Å². The lowest BCUT2D eigenvalue weighted by Gasteiger charge is -2.13. The summed E-state index contributed by atoms with van der Waals surface area (Å²) in [7, 11) is 1.32. The van der Waals surface area contributed by atoms with E-state index in [1.807, 2.05) is 49.4 Å². The van der Waals surface area contributed by atoms with Crippen LogP contribution in [-0.4, -0.2) is 18.1 Å². The number of methoxy groups -OCH3 is 1. The van der Waals surface area contributed by atoms with Crippen LogP contribution in [0.4, 0.5) is 0 Å². The summed E-state index contributed by atoms with van der Waals surface area (Å²) in [5.41, 5.74) is 3.87. The fourth-order valence-electron chi connectivity index (χ4n) is 3.32. The third-order valence-corrected chi connectivity index (χ3v) is 4.57. The van der Waals surface area contributed by atoms with Crippen LogP contribution in [0.2, 0.25) is 0 Å². The average Bonchev–Trinajstić information content (AvgIpc) is 2.72. The molecule has 0 atom stereocenters. The molecule has 0 aliphatic rings. The van der Waals surface area contributed by atoms with E-state index in [9.17, 15) is 9.59 Å². The fraction of sp³-hybridized carbons (Fsp3) is 0.0870. The van der Waals surface area contributed by atoms with Crippen LogP contribution in [0.1, 0.15) is 15.9 Å². The van der Waals surface area contributed by atoms with Crippen molar-refractivity contribution < 1.29 is 13.9 Å². The van der Waals surface area contributed by atoms with E-state index in [2.05, 4.69) is 4.98 Å². The molecule has 28 heavy (non-hydrogen) atoms. The minimum atomic E-state index is -0.487. The summed E-state index contributed by atoms with van der Waals surface area (Å²) < 4.78 is 10.4. The molecule has 4 rings (SSSR count). The highest BCUT2D eigenvalue weighted by Gasteiger charge is 2.19. The number of hydrogen-bond acceptors (Lipinski definition) is 5. The molecule has 5 heteroatoms. The zero-order chi connectivity index (χ0) is 19.7. The minimum absolute atomic E-state index is 0.313. The number of nitrogens with zero attached hydrogens (tertiary/aromatic N) is 1. The van der Waals surface area contributed by atoms with Crippen molar-refractivity contribution >= 4 is 16.9 Å². The summed E-state index contributed by atoms with van der Waals surface area (Å²) in [6.07, 6.45) is 3.07. The molecule has 0 bridgehead atoms. The third-order valence-electron chi connectivity index (χ3n) is 4.57. The molecule has 138 valence electrons. The molecule has 0 spiro atoms. The lowest BCUT2D eigenvalue weighted by molar-refractivity contribution is 0.0600. The first-order valence-electron chi connectivity index (χ1n) is 8.75. The monoisotopic (exact) mass is 371 g/mol. The van der Waals surface area contributed by atoms with E-state index in [4.69, 9.17) is 9.15 Å². The number of esters is 1. The molecule has 2 aromatic carbocycles. The van der Waals surface area contributed by atoms with Gasteiger partial charge in [0.2, 0.25) is 0 Å². The second kappa shape index (κ2) is 7.12. The Morgan fingerprint density at radius 2 is 1.79 bits per heavy atom. The van der Waals surface area contributed by atoms with Crippen LogP contribution in [0.25, 0.3) is 33.2 Å². The first-order valence-corrected chi connectivity index (χ1v) is 8.75. The van der Waals surface area contributed by atoms with Crippen LogP contribution >= 0.6 is 0 Å². The molecule has 2 heterocycles. The van der Waals surface area contributed by atoms with Gasteiger partial charge >= 0.3 is 11.6 Å². The van der Waals surface area contributed by atoms with Gasteiger partial charge in [-0.2, -0.15) is 0 Å². The predicted molar refractivity (Wildman–Crippen MR) is 107 cm³/mol. The summed E-state index contributed by atoms with van der Waals surface area (Å²) in [5.74, 6) is -0.487. The maximum Gasteiger partial charge on any atom is 0.344 e. The number of hydrogen-bond donors (Lipinski definition) is 0. The van der Waals surface area contributed by atoms with Crippen LogP contribution in [0, 0.1) is 6.92 Å². The van der Waals surface area contributed by atoms with Gasteiger partial charge in [0.15, 0.2) is 0 Å². The zero-order valence-electron chi connectivity index (χ0n) is 15.4. The minimum Gasteiger partial charge on any atom is -0.465 e. The number of ether oxygens (including phenoxy) is 1. The van der Waals surface area contributed by atoms with Gasteiger partial charge in [-0.05, 0) is 24.6 Å². The second-order valence-electron chi connectivity index (χ2n) is 6.46. The number of rotatable bonds is 3. The molecule has 0 aliphatic heterocycles. The first kappa shape index (κ1) is 17.7. The van der Waals surface area contributed by atoms with Gasteiger partial charge in [0.05, 0.1) is 18.2 Å². The largest absolute Gasteiger partial charge is 0.465 e. The summed E-state index contributed by atoms with van der Waals surface area (Å²) >= 11 is 0. The maximum absolute atomic E-state index is 12.9. The molecule has 0 amide bonds. The Balaban J connectivity index is 2.10. The van der Waals surface area contributed by atoms with Gasteiger partial charge in [-0.25, -0.2) is 9.59 Å². The molecular formula is C23H17NO4. The topological polar surface area (TPSA) is 69.4 Å². The molecule has 0 saturated heterocycles. The Morgan fingerprint density at radius 3 is 2.57 bits per heavy atom. The van der Waals surface area contributed by atoms with E-state index in [1.54, 1.807) is 18.3 Å². The number of carbonyl (C=O) groups is 1. The van der Waals surface area contributed by atoms with Crippen molar-refractivity contribution in [3.05, 3.63) is 88.5 Å². The molecule has 0 radical (unpaired) electrons. The van der Waals surface area contributed by atoms with Crippen molar-refractivity contribution in [2.75, 3.05) is 7.11 Å². The van der Waals surface area contributed by atoms with E-state index in [-0.39, 0.29) is 0 Å². The summed E-state index contributed by atoms with van der Waals surface area (Å²) in [6.45, 7) is 1.96. The quantitative estimate of drug-likeness (QED) is 0.388. The van der Waals surface area contributed by atoms with Crippen LogP contribution in [0.5, 0.6) is 0 Å². The number of carbonyl (C=O) groups excluding carboxylic acids is 1. The Bertz CT molecular complexity index is 1260. The molecule has 0 aliphatic carbocycles. The van der Waals surface area contributed by atoms with Crippen LogP contribution in [-0.2, 0) is 4.74 Å². The summed E-state index contributed by atoms with van der Waals surface area (Å²) in [5, 5.41) is 0.766. The SMILES string of the molecule is COC(=O)c1cncc(-c2c(-c3cccc(C)c3)c(=O)oc3ccccc23)c1. The molecule has 0 N–H and O–H groups in total. The van der Waals surface area contributed by atoms with E-state index >= 15 is 0 Å². The molecule has 0 unspecified atom stereocenters. The normalized spacial score (nSPS) is 10.8. The molecule has 0 fully saturated rings. The number of aryl methyl sites for hydroxylation is 1. The van der Waals surface area contributed by atoms with E-state index in [0.717, 1.165) is 16.5 Å². The highest BCUT2D eigenvalue weighted by Crippen LogP contribution is 2.36. The highest BCUT2D eigenvalue weighted by atomic mass is 16.5. The Hall–Kier alpha value is -3.73. The molecule has 5 nitrogen and oxygen atoms in total. The smallest absolute Gasteiger partial charge is 0.344 e. The van der Waals surface area contributed by atoms with Crippen molar-refractivity contribution in [3.63, 3.8) is 0 Å². The van der Waals surface area contributed by atoms with Crippen molar-refractivity contribution in [2.45, 2.75) is 6.92 Å². The van der Waals surface area contributed by atoms with Gasteiger partial charge in [-0.15, -0.1) is 0 Å². The zero-order valence-corrected chi connectivity index (χ0v) is 15.4. The van der Waals surface area contributed by atoms with Crippen molar-refractivity contribution in [1.29, 1.82) is 0 Å². The number of pyridine rings is 1. The van der Waals surface area contributed by atoms with Gasteiger partial charge in [0, 0.05) is 28.9 Å². The number of aromatic nitrogens is 1. The molecule has 0 saturated carbocycles. The summed E-state index contributed by atoms with van der Waals surface area (Å²) in [6, 6.07) is 16.7. The van der Waals surface area contributed by atoms with E-state index in [1.165, 1.54) is 13.3 Å². The van der Waals surface area contributed by atoms with Gasteiger partial charge in [-0.1, -0.05) is 48.0 Å². The first-order chi connectivity index (χ1) is 13.6. The Morgan fingerprint density at radius 1 is 0.964 bits per heavy atom. The van der Waals surface area contributed by atoms with Crippen LogP contribution in [0.3, 0.4) is 0 Å². The molecular weight excluding hydrogens is 354 g/mol. The Labute approximate surface area is 161 Å². The van der Waals surface area contributed by atoms with Crippen molar-refractivity contribution in [2.24, 2.45) is 0 Å². The second-order valence-corrected chi connectivity index (χ2v) is 6.46. The standard InChI is InChI=1S/C23H17NO4/c1-14-6-5-7-15(10-14)21-20(16-11-17(13-24-12-16)22(25)27-2)18-8-3-4-9-19(18)28-23(21)26/h3-13H,1-2H3. The number of para-hydroxylation sites is 1. The lowest BCUT2D eigenvalue weighted by atomic mass is 9.93. The third kappa shape index (κ3) is 3.07. The van der Waals surface area contributed by atoms with Crippen molar-refractivity contribution in [3.8, 4) is 22.3 Å². The van der Waals surface area contributed by atoms with Crippen LogP contribution < -0.4 is 5.63 Å². The maximum atomic E-state index is 12.9. The van der Waals surface area contributed by atoms with Crippen LogP contribution in [0.15, 0.2) is 76.2 Å². The molecule has 4 aromatic rings. The van der Waals surface area contributed by atoms with Gasteiger partial charge in [-0.3, -0.25) is 4.98 Å².